The van der Waals surface area contributed by atoms with Crippen LogP contribution in [0.5, 0.6) is 5.75 Å². The van der Waals surface area contributed by atoms with Gasteiger partial charge in [0.2, 0.25) is 0 Å². The smallest absolute Gasteiger partial charge is 0.324 e. The highest BCUT2D eigenvalue weighted by molar-refractivity contribution is 6.00. The van der Waals surface area contributed by atoms with E-state index in [0.29, 0.717) is 31.0 Å². The number of nitrogens with zero attached hydrogens (tertiary/aromatic N) is 2. The summed E-state index contributed by atoms with van der Waals surface area (Å²) < 4.78 is 5.56. The fourth-order valence-electron chi connectivity index (χ4n) is 1.91. The summed E-state index contributed by atoms with van der Waals surface area (Å²) in [6.45, 7) is 2.31. The molecule has 0 aliphatic rings. The van der Waals surface area contributed by atoms with Crippen molar-refractivity contribution in [1.29, 1.82) is 5.26 Å². The molecule has 23 heavy (non-hydrogen) atoms. The van der Waals surface area contributed by atoms with Gasteiger partial charge in [0, 0.05) is 18.3 Å². The molecule has 0 saturated carbocycles. The topological polar surface area (TPSA) is 87.0 Å². The monoisotopic (exact) mass is 310 g/mol. The summed E-state index contributed by atoms with van der Waals surface area (Å²) in [4.78, 5) is 16.2. The van der Waals surface area contributed by atoms with Crippen LogP contribution in [0.25, 0.3) is 0 Å². The summed E-state index contributed by atoms with van der Waals surface area (Å²) >= 11 is 0. The Hall–Kier alpha value is -3.07. The molecule has 6 heteroatoms. The van der Waals surface area contributed by atoms with Crippen molar-refractivity contribution in [3.05, 3.63) is 48.2 Å². The summed E-state index contributed by atoms with van der Waals surface area (Å²) in [6, 6.07) is 12.6. The highest BCUT2D eigenvalue weighted by Crippen LogP contribution is 2.21. The number of carbonyl (C=O) groups is 1. The van der Waals surface area contributed by atoms with Gasteiger partial charge in [0.25, 0.3) is 0 Å². The summed E-state index contributed by atoms with van der Waals surface area (Å²) in [6.07, 6.45) is 2.63. The first-order chi connectivity index (χ1) is 11.2. The van der Waals surface area contributed by atoms with Crippen LogP contribution < -0.4 is 15.4 Å². The van der Waals surface area contributed by atoms with Gasteiger partial charge in [0.15, 0.2) is 11.6 Å². The van der Waals surface area contributed by atoms with Gasteiger partial charge in [-0.25, -0.2) is 9.78 Å². The molecule has 2 amide bonds. The Morgan fingerprint density at radius 1 is 1.26 bits per heavy atom. The molecule has 0 aliphatic heterocycles. The van der Waals surface area contributed by atoms with Gasteiger partial charge in [-0.05, 0) is 37.1 Å². The van der Waals surface area contributed by atoms with Crippen LogP contribution in [0, 0.1) is 18.3 Å². The largest absolute Gasteiger partial charge is 0.490 e. The Kier molecular flexibility index (Phi) is 5.95. The van der Waals surface area contributed by atoms with Crippen LogP contribution in [0.4, 0.5) is 16.3 Å². The van der Waals surface area contributed by atoms with E-state index < -0.39 is 0 Å². The lowest BCUT2D eigenvalue weighted by Gasteiger charge is -2.12. The SMILES string of the molecule is Cc1ccccc1NC(=O)Nc1ncccc1OCCCC#N. The first-order valence-electron chi connectivity index (χ1n) is 7.29. The Balaban J connectivity index is 1.98. The maximum Gasteiger partial charge on any atom is 0.324 e. The van der Waals surface area contributed by atoms with Crippen LogP contribution in [0.15, 0.2) is 42.6 Å². The van der Waals surface area contributed by atoms with Gasteiger partial charge in [-0.15, -0.1) is 0 Å². The number of para-hydroxylation sites is 1. The van der Waals surface area contributed by atoms with Crippen molar-refractivity contribution in [2.24, 2.45) is 0 Å². The molecule has 118 valence electrons. The number of aromatic nitrogens is 1. The van der Waals surface area contributed by atoms with Crippen molar-refractivity contribution in [1.82, 2.24) is 4.98 Å². The molecular formula is C17H18N4O2. The van der Waals surface area contributed by atoms with E-state index in [1.807, 2.05) is 31.2 Å². The zero-order valence-corrected chi connectivity index (χ0v) is 12.9. The van der Waals surface area contributed by atoms with E-state index in [0.717, 1.165) is 11.3 Å². The number of benzene rings is 1. The molecule has 1 aromatic carbocycles. The quantitative estimate of drug-likeness (QED) is 0.796. The Labute approximate surface area is 135 Å². The normalized spacial score (nSPS) is 9.74. The number of amides is 2. The van der Waals surface area contributed by atoms with Crippen molar-refractivity contribution in [2.75, 3.05) is 17.2 Å². The van der Waals surface area contributed by atoms with E-state index in [4.69, 9.17) is 10.00 Å². The second-order valence-electron chi connectivity index (χ2n) is 4.85. The molecule has 0 saturated heterocycles. The van der Waals surface area contributed by atoms with Gasteiger partial charge < -0.3 is 10.1 Å². The number of nitriles is 1. The van der Waals surface area contributed by atoms with Gasteiger partial charge in [0.05, 0.1) is 12.7 Å². The molecule has 2 aromatic rings. The van der Waals surface area contributed by atoms with Gasteiger partial charge in [0.1, 0.15) is 0 Å². The molecule has 1 aromatic heterocycles. The van der Waals surface area contributed by atoms with Gasteiger partial charge >= 0.3 is 6.03 Å². The number of nitrogens with one attached hydrogen (secondary N) is 2. The molecule has 0 bridgehead atoms. The molecule has 2 N–H and O–H groups in total. The predicted molar refractivity (Wildman–Crippen MR) is 88.4 cm³/mol. The molecule has 2 rings (SSSR count). The van der Waals surface area contributed by atoms with Gasteiger partial charge in [-0.3, -0.25) is 5.32 Å². The molecule has 0 unspecified atom stereocenters. The van der Waals surface area contributed by atoms with Gasteiger partial charge in [-0.2, -0.15) is 5.26 Å². The van der Waals surface area contributed by atoms with Crippen LogP contribution >= 0.6 is 0 Å². The molecule has 0 fully saturated rings. The molecule has 0 atom stereocenters. The van der Waals surface area contributed by atoms with Crippen molar-refractivity contribution in [3.63, 3.8) is 0 Å². The second kappa shape index (κ2) is 8.39. The van der Waals surface area contributed by atoms with E-state index >= 15 is 0 Å². The van der Waals surface area contributed by atoms with Crippen LogP contribution in [0.1, 0.15) is 18.4 Å². The zero-order chi connectivity index (χ0) is 16.5. The van der Waals surface area contributed by atoms with Crippen LogP contribution in [-0.4, -0.2) is 17.6 Å². The second-order valence-corrected chi connectivity index (χ2v) is 4.85. The third kappa shape index (κ3) is 5.00. The highest BCUT2D eigenvalue weighted by atomic mass is 16.5. The lowest BCUT2D eigenvalue weighted by Crippen LogP contribution is -2.21. The zero-order valence-electron chi connectivity index (χ0n) is 12.9. The maximum atomic E-state index is 12.1. The predicted octanol–water partition coefficient (Wildman–Crippen LogP) is 3.72. The average molecular weight is 310 g/mol. The third-order valence-electron chi connectivity index (χ3n) is 3.09. The molecule has 0 spiro atoms. The average Bonchev–Trinajstić information content (AvgIpc) is 2.55. The Morgan fingerprint density at radius 2 is 2.09 bits per heavy atom. The number of aryl methyl sites for hydroxylation is 1. The number of unbranched alkanes of at least 4 members (excludes halogenated alkanes) is 1. The van der Waals surface area contributed by atoms with E-state index in [1.54, 1.807) is 18.3 Å². The standard InChI is InChI=1S/C17H18N4O2/c1-13-7-2-3-8-14(13)20-17(22)21-16-15(9-6-11-19-16)23-12-5-4-10-18/h2-3,6-9,11H,4-5,12H2,1H3,(H2,19,20,21,22). The minimum Gasteiger partial charge on any atom is -0.490 e. The van der Waals surface area contributed by atoms with Crippen molar-refractivity contribution in [3.8, 4) is 11.8 Å². The Morgan fingerprint density at radius 3 is 2.87 bits per heavy atom. The van der Waals surface area contributed by atoms with Crippen molar-refractivity contribution < 1.29 is 9.53 Å². The van der Waals surface area contributed by atoms with Crippen molar-refractivity contribution >= 4 is 17.5 Å². The van der Waals surface area contributed by atoms with Crippen LogP contribution in [0.3, 0.4) is 0 Å². The number of urea groups is 1. The summed E-state index contributed by atoms with van der Waals surface area (Å²) in [5, 5.41) is 14.0. The van der Waals surface area contributed by atoms with E-state index in [2.05, 4.69) is 21.7 Å². The highest BCUT2D eigenvalue weighted by Gasteiger charge is 2.10. The Bertz CT molecular complexity index is 710. The number of anilines is 2. The summed E-state index contributed by atoms with van der Waals surface area (Å²) in [7, 11) is 0. The maximum absolute atomic E-state index is 12.1. The molecular weight excluding hydrogens is 292 g/mol. The van der Waals surface area contributed by atoms with E-state index in [-0.39, 0.29) is 6.03 Å². The van der Waals surface area contributed by atoms with Crippen molar-refractivity contribution in [2.45, 2.75) is 19.8 Å². The lowest BCUT2D eigenvalue weighted by atomic mass is 10.2. The van der Waals surface area contributed by atoms with E-state index in [1.165, 1.54) is 0 Å². The lowest BCUT2D eigenvalue weighted by molar-refractivity contribution is 0.261. The minimum absolute atomic E-state index is 0.343. The number of ether oxygens (including phenoxy) is 1. The van der Waals surface area contributed by atoms with Crippen LogP contribution in [-0.2, 0) is 0 Å². The first-order valence-corrected chi connectivity index (χ1v) is 7.29. The molecule has 1 heterocycles. The number of carbonyl (C=O) groups excluding carboxylic acids is 1. The van der Waals surface area contributed by atoms with Gasteiger partial charge in [-0.1, -0.05) is 18.2 Å². The first kappa shape index (κ1) is 16.3. The summed E-state index contributed by atoms with van der Waals surface area (Å²) in [5.41, 5.74) is 1.70. The number of rotatable bonds is 6. The number of pyridine rings is 1. The number of hydrogen-bond donors (Lipinski definition) is 2. The molecule has 0 aliphatic carbocycles. The minimum atomic E-state index is -0.389. The summed E-state index contributed by atoms with van der Waals surface area (Å²) in [5.74, 6) is 0.820. The number of hydrogen-bond acceptors (Lipinski definition) is 4. The molecule has 0 radical (unpaired) electrons. The fourth-order valence-corrected chi connectivity index (χ4v) is 1.91. The molecule has 6 nitrogen and oxygen atoms in total. The fraction of sp³-hybridized carbons (Fsp3) is 0.235. The third-order valence-corrected chi connectivity index (χ3v) is 3.09. The van der Waals surface area contributed by atoms with Crippen LogP contribution in [0.2, 0.25) is 0 Å². The van der Waals surface area contributed by atoms with E-state index in [9.17, 15) is 4.79 Å².